The molecule has 14 heavy (non-hydrogen) atoms. The van der Waals surface area contributed by atoms with E-state index in [4.69, 9.17) is 16.7 Å². The van der Waals surface area contributed by atoms with Gasteiger partial charge < -0.3 is 10.4 Å². The summed E-state index contributed by atoms with van der Waals surface area (Å²) in [5, 5.41) is 11.9. The topological polar surface area (TPSA) is 49.3 Å². The van der Waals surface area contributed by atoms with Gasteiger partial charge in [0.05, 0.1) is 6.61 Å². The van der Waals surface area contributed by atoms with Crippen molar-refractivity contribution < 1.29 is 9.90 Å². The highest BCUT2D eigenvalue weighted by atomic mass is 35.5. The number of hydrogen-bond donors (Lipinski definition) is 2. The van der Waals surface area contributed by atoms with Crippen LogP contribution in [0, 0.1) is 5.41 Å². The van der Waals surface area contributed by atoms with E-state index in [0.29, 0.717) is 18.8 Å². The molecule has 82 valence electrons. The molecule has 1 fully saturated rings. The number of aliphatic hydroxyl groups is 1. The van der Waals surface area contributed by atoms with Crippen LogP contribution in [0.15, 0.2) is 0 Å². The maximum absolute atomic E-state index is 11.3. The van der Waals surface area contributed by atoms with E-state index in [1.807, 2.05) is 0 Å². The molecule has 0 heterocycles. The zero-order valence-electron chi connectivity index (χ0n) is 8.39. The van der Waals surface area contributed by atoms with Crippen molar-refractivity contribution in [1.29, 1.82) is 0 Å². The fraction of sp³-hybridized carbons (Fsp3) is 0.900. The summed E-state index contributed by atoms with van der Waals surface area (Å²) in [4.78, 5) is 11.3. The molecule has 0 atom stereocenters. The number of amides is 1. The van der Waals surface area contributed by atoms with Gasteiger partial charge >= 0.3 is 0 Å². The average Bonchev–Trinajstić information content (AvgIpc) is 2.96. The Labute approximate surface area is 89.8 Å². The minimum Gasteiger partial charge on any atom is -0.396 e. The third-order valence-electron chi connectivity index (χ3n) is 2.74. The third kappa shape index (κ3) is 3.84. The van der Waals surface area contributed by atoms with E-state index in [-0.39, 0.29) is 17.9 Å². The zero-order valence-corrected chi connectivity index (χ0v) is 9.15. The molecular weight excluding hydrogens is 202 g/mol. The van der Waals surface area contributed by atoms with Crippen LogP contribution < -0.4 is 5.32 Å². The van der Waals surface area contributed by atoms with Crippen molar-refractivity contribution in [3.63, 3.8) is 0 Å². The van der Waals surface area contributed by atoms with Crippen molar-refractivity contribution >= 4 is 17.5 Å². The first kappa shape index (κ1) is 11.8. The number of unbranched alkanes of at least 4 members (excludes halogenated alkanes) is 1. The van der Waals surface area contributed by atoms with Gasteiger partial charge in [0.1, 0.15) is 0 Å². The molecule has 4 heteroatoms. The van der Waals surface area contributed by atoms with Gasteiger partial charge in [-0.1, -0.05) is 0 Å². The fourth-order valence-electron chi connectivity index (χ4n) is 1.32. The maximum atomic E-state index is 11.3. The molecule has 1 rings (SSSR count). The third-order valence-corrected chi connectivity index (χ3v) is 3.01. The van der Waals surface area contributed by atoms with E-state index in [0.717, 1.165) is 25.7 Å². The highest BCUT2D eigenvalue weighted by Gasteiger charge is 2.41. The van der Waals surface area contributed by atoms with Crippen molar-refractivity contribution in [2.75, 3.05) is 19.0 Å². The lowest BCUT2D eigenvalue weighted by Gasteiger charge is -2.12. The average molecular weight is 220 g/mol. The molecule has 1 aliphatic rings. The number of carbonyl (C=O) groups excluding carboxylic acids is 1. The molecule has 0 aromatic carbocycles. The molecule has 1 aliphatic carbocycles. The van der Waals surface area contributed by atoms with Gasteiger partial charge in [-0.25, -0.2) is 0 Å². The van der Waals surface area contributed by atoms with Gasteiger partial charge in [0.2, 0.25) is 5.91 Å². The number of aliphatic hydroxyl groups excluding tert-OH is 1. The van der Waals surface area contributed by atoms with Crippen molar-refractivity contribution in [2.45, 2.75) is 32.1 Å². The molecule has 2 N–H and O–H groups in total. The second-order valence-electron chi connectivity index (χ2n) is 4.08. The van der Waals surface area contributed by atoms with Crippen molar-refractivity contribution in [3.8, 4) is 0 Å². The van der Waals surface area contributed by atoms with E-state index >= 15 is 0 Å². The van der Waals surface area contributed by atoms with Crippen molar-refractivity contribution in [1.82, 2.24) is 5.32 Å². The van der Waals surface area contributed by atoms with Crippen LogP contribution in [0.2, 0.25) is 0 Å². The molecule has 0 aromatic rings. The van der Waals surface area contributed by atoms with E-state index in [9.17, 15) is 4.79 Å². The van der Waals surface area contributed by atoms with Crippen LogP contribution in [0.3, 0.4) is 0 Å². The van der Waals surface area contributed by atoms with Gasteiger partial charge in [-0.05, 0) is 25.7 Å². The Balaban J connectivity index is 2.03. The molecule has 0 spiro atoms. The minimum absolute atomic E-state index is 0.0160. The van der Waals surface area contributed by atoms with Crippen molar-refractivity contribution in [3.05, 3.63) is 0 Å². The Morgan fingerprint density at radius 3 is 2.64 bits per heavy atom. The molecule has 0 aromatic heterocycles. The molecule has 1 saturated carbocycles. The van der Waals surface area contributed by atoms with E-state index in [2.05, 4.69) is 5.32 Å². The number of carbonyl (C=O) groups is 1. The smallest absolute Gasteiger partial charge is 0.220 e. The molecule has 3 nitrogen and oxygen atoms in total. The summed E-state index contributed by atoms with van der Waals surface area (Å²) < 4.78 is 0. The van der Waals surface area contributed by atoms with Gasteiger partial charge in [0.25, 0.3) is 0 Å². The van der Waals surface area contributed by atoms with Crippen LogP contribution in [-0.4, -0.2) is 30.0 Å². The highest BCUT2D eigenvalue weighted by molar-refractivity contribution is 6.17. The van der Waals surface area contributed by atoms with Gasteiger partial charge in [0, 0.05) is 24.3 Å². The SMILES string of the molecule is O=C(CCCCCl)NCC1(CO)CC1. The fourth-order valence-corrected chi connectivity index (χ4v) is 1.51. The monoisotopic (exact) mass is 219 g/mol. The van der Waals surface area contributed by atoms with Gasteiger partial charge in [0.15, 0.2) is 0 Å². The van der Waals surface area contributed by atoms with Crippen LogP contribution in [0.1, 0.15) is 32.1 Å². The second-order valence-corrected chi connectivity index (χ2v) is 4.46. The normalized spacial score (nSPS) is 17.9. The van der Waals surface area contributed by atoms with Crippen LogP contribution >= 0.6 is 11.6 Å². The predicted molar refractivity (Wildman–Crippen MR) is 56.3 cm³/mol. The van der Waals surface area contributed by atoms with Gasteiger partial charge in [-0.2, -0.15) is 0 Å². The molecule has 0 aliphatic heterocycles. The summed E-state index contributed by atoms with van der Waals surface area (Å²) in [7, 11) is 0. The highest BCUT2D eigenvalue weighted by Crippen LogP contribution is 2.44. The van der Waals surface area contributed by atoms with E-state index in [1.165, 1.54) is 0 Å². The first-order chi connectivity index (χ1) is 6.72. The van der Waals surface area contributed by atoms with Crippen LogP contribution in [0.5, 0.6) is 0 Å². The predicted octanol–water partition coefficient (Wildman–Crippen LogP) is 1.28. The maximum Gasteiger partial charge on any atom is 0.220 e. The van der Waals surface area contributed by atoms with Crippen LogP contribution in [0.4, 0.5) is 0 Å². The molecule has 0 bridgehead atoms. The Kier molecular flexibility index (Phi) is 4.69. The Bertz CT molecular complexity index is 193. The summed E-state index contributed by atoms with van der Waals surface area (Å²) >= 11 is 5.50. The zero-order chi connectivity index (χ0) is 10.4. The van der Waals surface area contributed by atoms with Crippen LogP contribution in [-0.2, 0) is 4.79 Å². The molecule has 1 amide bonds. The summed E-state index contributed by atoms with van der Waals surface area (Å²) in [5.41, 5.74) is 0.0160. The largest absolute Gasteiger partial charge is 0.396 e. The summed E-state index contributed by atoms with van der Waals surface area (Å²) in [6.07, 6.45) is 4.35. The number of hydrogen-bond acceptors (Lipinski definition) is 2. The standard InChI is InChI=1S/C10H18ClNO2/c11-6-2-1-3-9(14)12-7-10(8-13)4-5-10/h13H,1-8H2,(H,12,14). The Morgan fingerprint density at radius 1 is 1.43 bits per heavy atom. The van der Waals surface area contributed by atoms with Crippen molar-refractivity contribution in [2.24, 2.45) is 5.41 Å². The lowest BCUT2D eigenvalue weighted by molar-refractivity contribution is -0.121. The minimum atomic E-state index is 0.0160. The second kappa shape index (κ2) is 5.56. The number of halogens is 1. The number of alkyl halides is 1. The molecule has 0 unspecified atom stereocenters. The van der Waals surface area contributed by atoms with E-state index in [1.54, 1.807) is 0 Å². The number of nitrogens with one attached hydrogen (secondary N) is 1. The molecule has 0 radical (unpaired) electrons. The molecule has 0 saturated heterocycles. The summed E-state index contributed by atoms with van der Waals surface area (Å²) in [6.45, 7) is 0.818. The quantitative estimate of drug-likeness (QED) is 0.501. The Hall–Kier alpha value is -0.280. The number of rotatable bonds is 7. The molecular formula is C10H18ClNO2. The summed E-state index contributed by atoms with van der Waals surface area (Å²) in [6, 6.07) is 0. The van der Waals surface area contributed by atoms with Crippen LogP contribution in [0.25, 0.3) is 0 Å². The Morgan fingerprint density at radius 2 is 2.14 bits per heavy atom. The van der Waals surface area contributed by atoms with Gasteiger partial charge in [-0.3, -0.25) is 4.79 Å². The summed E-state index contributed by atoms with van der Waals surface area (Å²) in [5.74, 6) is 0.697. The lowest BCUT2D eigenvalue weighted by atomic mass is 10.1. The lowest BCUT2D eigenvalue weighted by Crippen LogP contribution is -2.31. The first-order valence-electron chi connectivity index (χ1n) is 5.16. The first-order valence-corrected chi connectivity index (χ1v) is 5.69. The van der Waals surface area contributed by atoms with Gasteiger partial charge in [-0.15, -0.1) is 11.6 Å². The van der Waals surface area contributed by atoms with E-state index < -0.39 is 0 Å².